The number of rotatable bonds is 3. The Morgan fingerprint density at radius 2 is 2.29 bits per heavy atom. The van der Waals surface area contributed by atoms with Crippen LogP contribution in [-0.4, -0.2) is 29.6 Å². The zero-order valence-corrected chi connectivity index (χ0v) is 12.2. The van der Waals surface area contributed by atoms with Gasteiger partial charge >= 0.3 is 5.97 Å². The molecule has 0 aromatic heterocycles. The van der Waals surface area contributed by atoms with Crippen molar-refractivity contribution < 1.29 is 14.3 Å². The summed E-state index contributed by atoms with van der Waals surface area (Å²) in [5.74, 6) is 0.281. The SMILES string of the molecule is COc1c(I)cccc1C(=O)OC[SiH3]. The van der Waals surface area contributed by atoms with Crippen molar-refractivity contribution in [3.63, 3.8) is 0 Å². The topological polar surface area (TPSA) is 35.5 Å². The molecular weight excluding hydrogens is 311 g/mol. The Labute approximate surface area is 99.3 Å². The Morgan fingerprint density at radius 1 is 1.57 bits per heavy atom. The second kappa shape index (κ2) is 5.35. The zero-order valence-electron chi connectivity index (χ0n) is 8.04. The first kappa shape index (κ1) is 11.5. The number of benzene rings is 1. The van der Waals surface area contributed by atoms with Crippen LogP contribution in [-0.2, 0) is 4.74 Å². The maximum Gasteiger partial charge on any atom is 0.341 e. The lowest BCUT2D eigenvalue weighted by Crippen LogP contribution is -2.08. The van der Waals surface area contributed by atoms with E-state index in [1.807, 2.05) is 12.1 Å². The van der Waals surface area contributed by atoms with E-state index in [9.17, 15) is 4.79 Å². The maximum atomic E-state index is 11.5. The van der Waals surface area contributed by atoms with Gasteiger partial charge in [0.1, 0.15) is 11.3 Å². The summed E-state index contributed by atoms with van der Waals surface area (Å²) < 4.78 is 11.0. The van der Waals surface area contributed by atoms with E-state index < -0.39 is 0 Å². The van der Waals surface area contributed by atoms with Gasteiger partial charge in [0.25, 0.3) is 0 Å². The molecule has 0 saturated heterocycles. The highest BCUT2D eigenvalue weighted by molar-refractivity contribution is 14.1. The molecule has 5 heteroatoms. The van der Waals surface area contributed by atoms with Gasteiger partial charge in [-0.3, -0.25) is 0 Å². The smallest absolute Gasteiger partial charge is 0.341 e. The van der Waals surface area contributed by atoms with Gasteiger partial charge in [-0.25, -0.2) is 4.79 Å². The van der Waals surface area contributed by atoms with Gasteiger partial charge in [-0.15, -0.1) is 0 Å². The zero-order chi connectivity index (χ0) is 10.6. The molecule has 0 saturated carbocycles. The molecule has 14 heavy (non-hydrogen) atoms. The number of halogens is 1. The van der Waals surface area contributed by atoms with Gasteiger partial charge < -0.3 is 9.47 Å². The number of esters is 1. The van der Waals surface area contributed by atoms with Crippen molar-refractivity contribution >= 4 is 38.8 Å². The van der Waals surface area contributed by atoms with E-state index in [0.717, 1.165) is 13.8 Å². The van der Waals surface area contributed by atoms with E-state index in [0.29, 0.717) is 17.5 Å². The number of hydrogen-bond acceptors (Lipinski definition) is 3. The monoisotopic (exact) mass is 322 g/mol. The Balaban J connectivity index is 3.07. The molecule has 0 radical (unpaired) electrons. The van der Waals surface area contributed by atoms with Gasteiger partial charge in [-0.05, 0) is 34.7 Å². The van der Waals surface area contributed by atoms with Crippen LogP contribution in [0.3, 0.4) is 0 Å². The third kappa shape index (κ3) is 2.47. The normalized spacial score (nSPS) is 9.86. The van der Waals surface area contributed by atoms with Gasteiger partial charge in [0.15, 0.2) is 0 Å². The van der Waals surface area contributed by atoms with Crippen LogP contribution in [0.1, 0.15) is 10.4 Å². The Kier molecular flexibility index (Phi) is 4.40. The molecule has 3 nitrogen and oxygen atoms in total. The van der Waals surface area contributed by atoms with Gasteiger partial charge in [0, 0.05) is 0 Å². The Hall–Kier alpha value is -0.563. The number of ether oxygens (including phenoxy) is 2. The second-order valence-corrected chi connectivity index (χ2v) is 4.28. The van der Waals surface area contributed by atoms with Crippen LogP contribution in [0, 0.1) is 3.57 Å². The maximum absolute atomic E-state index is 11.5. The minimum Gasteiger partial charge on any atom is -0.495 e. The molecule has 0 amide bonds. The molecule has 0 heterocycles. The minimum atomic E-state index is -0.310. The third-order valence-corrected chi connectivity index (χ3v) is 2.80. The lowest BCUT2D eigenvalue weighted by Gasteiger charge is -2.08. The molecule has 1 rings (SSSR count). The predicted molar refractivity (Wildman–Crippen MR) is 65.9 cm³/mol. The summed E-state index contributed by atoms with van der Waals surface area (Å²) in [5, 5.41) is 0. The van der Waals surface area contributed by atoms with Crippen LogP contribution in [0.2, 0.25) is 0 Å². The van der Waals surface area contributed by atoms with Gasteiger partial charge in [0.2, 0.25) is 0 Å². The average molecular weight is 322 g/mol. The van der Waals surface area contributed by atoms with Crippen molar-refractivity contribution in [1.82, 2.24) is 0 Å². The molecule has 0 unspecified atom stereocenters. The van der Waals surface area contributed by atoms with Crippen LogP contribution in [0.5, 0.6) is 5.75 Å². The van der Waals surface area contributed by atoms with E-state index in [2.05, 4.69) is 22.6 Å². The van der Waals surface area contributed by atoms with Crippen molar-refractivity contribution in [1.29, 1.82) is 0 Å². The summed E-state index contributed by atoms with van der Waals surface area (Å²) in [5.41, 5.74) is 0.496. The van der Waals surface area contributed by atoms with Gasteiger partial charge in [-0.2, -0.15) is 0 Å². The average Bonchev–Trinajstić information content (AvgIpc) is 2.17. The standard InChI is InChI=1S/C9H11IO3Si/c1-12-8-6(9(11)13-5-14)3-2-4-7(8)10/h2-4H,5H2,1,14H3. The van der Waals surface area contributed by atoms with E-state index in [1.165, 1.54) is 0 Å². The summed E-state index contributed by atoms with van der Waals surface area (Å²) in [6.45, 7) is 0. The van der Waals surface area contributed by atoms with E-state index in [1.54, 1.807) is 13.2 Å². The van der Waals surface area contributed by atoms with Crippen molar-refractivity contribution in [2.75, 3.05) is 13.3 Å². The summed E-state index contributed by atoms with van der Waals surface area (Å²) in [6, 6.07) is 5.41. The van der Waals surface area contributed by atoms with Crippen molar-refractivity contribution in [2.24, 2.45) is 0 Å². The predicted octanol–water partition coefficient (Wildman–Crippen LogP) is 0.779. The quantitative estimate of drug-likeness (QED) is 0.469. The van der Waals surface area contributed by atoms with Crippen LogP contribution < -0.4 is 4.74 Å². The highest BCUT2D eigenvalue weighted by atomic mass is 127. The van der Waals surface area contributed by atoms with Crippen molar-refractivity contribution in [3.05, 3.63) is 27.3 Å². The molecule has 0 bridgehead atoms. The molecule has 0 N–H and O–H groups in total. The molecule has 76 valence electrons. The molecule has 1 aromatic carbocycles. The fourth-order valence-corrected chi connectivity index (χ4v) is 2.07. The summed E-state index contributed by atoms with van der Waals surface area (Å²) in [4.78, 5) is 11.5. The molecule has 0 aliphatic rings. The van der Waals surface area contributed by atoms with Crippen LogP contribution in [0.15, 0.2) is 18.2 Å². The minimum absolute atomic E-state index is 0.310. The fourth-order valence-electron chi connectivity index (χ4n) is 1.09. The first-order valence-electron chi connectivity index (χ1n) is 4.20. The fraction of sp³-hybridized carbons (Fsp3) is 0.222. The molecular formula is C9H11IO3Si. The first-order valence-corrected chi connectivity index (χ1v) is 6.69. The summed E-state index contributed by atoms with van der Waals surface area (Å²) in [7, 11) is 2.40. The van der Waals surface area contributed by atoms with Crippen molar-refractivity contribution in [3.8, 4) is 5.75 Å². The highest BCUT2D eigenvalue weighted by Gasteiger charge is 2.14. The van der Waals surface area contributed by atoms with E-state index in [-0.39, 0.29) is 5.97 Å². The Morgan fingerprint density at radius 3 is 2.86 bits per heavy atom. The molecule has 0 fully saturated rings. The summed E-state index contributed by atoms with van der Waals surface area (Å²) >= 11 is 2.12. The number of hydrogen-bond donors (Lipinski definition) is 0. The van der Waals surface area contributed by atoms with E-state index >= 15 is 0 Å². The number of carbonyl (C=O) groups excluding carboxylic acids is 1. The first-order chi connectivity index (χ1) is 6.70. The molecule has 0 aliphatic carbocycles. The van der Waals surface area contributed by atoms with Crippen LogP contribution >= 0.6 is 22.6 Å². The molecule has 1 aromatic rings. The van der Waals surface area contributed by atoms with Crippen LogP contribution in [0.25, 0.3) is 0 Å². The van der Waals surface area contributed by atoms with Crippen LogP contribution in [0.4, 0.5) is 0 Å². The molecule has 0 aliphatic heterocycles. The van der Waals surface area contributed by atoms with E-state index in [4.69, 9.17) is 9.47 Å². The third-order valence-electron chi connectivity index (χ3n) is 1.67. The number of methoxy groups -OCH3 is 1. The van der Waals surface area contributed by atoms with Gasteiger partial charge in [-0.1, -0.05) is 6.07 Å². The lowest BCUT2D eigenvalue weighted by atomic mass is 10.2. The Bertz CT molecular complexity index is 341. The number of carbonyl (C=O) groups is 1. The molecule has 0 atom stereocenters. The highest BCUT2D eigenvalue weighted by Crippen LogP contribution is 2.25. The second-order valence-electron chi connectivity index (χ2n) is 2.54. The number of para-hydroxylation sites is 1. The lowest BCUT2D eigenvalue weighted by molar-refractivity contribution is 0.0570. The largest absolute Gasteiger partial charge is 0.495 e. The summed E-state index contributed by atoms with van der Waals surface area (Å²) in [6.07, 6.45) is 0.507. The van der Waals surface area contributed by atoms with Gasteiger partial charge in [0.05, 0.1) is 27.2 Å². The van der Waals surface area contributed by atoms with Crippen molar-refractivity contribution in [2.45, 2.75) is 0 Å². The molecule has 0 spiro atoms.